The summed E-state index contributed by atoms with van der Waals surface area (Å²) in [7, 11) is 0. The lowest BCUT2D eigenvalue weighted by Gasteiger charge is -2.30. The number of nitrogens with zero attached hydrogens (tertiary/aromatic N) is 1. The lowest BCUT2D eigenvalue weighted by molar-refractivity contribution is 0.308. The molecule has 0 spiro atoms. The van der Waals surface area contributed by atoms with Crippen molar-refractivity contribution in [3.8, 4) is 18.1 Å². The number of hydrogen-bond acceptors (Lipinski definition) is 2. The van der Waals surface area contributed by atoms with Gasteiger partial charge in [0.15, 0.2) is 5.75 Å². The van der Waals surface area contributed by atoms with Crippen LogP contribution >= 0.6 is 15.9 Å². The molecule has 1 aliphatic heterocycles. The molecule has 1 aromatic carbocycles. The molecule has 0 aromatic heterocycles. The molecule has 0 saturated carbocycles. The first-order valence-electron chi connectivity index (χ1n) is 4.42. The molecule has 2 nitrogen and oxygen atoms in total. The zero-order valence-electron chi connectivity index (χ0n) is 7.66. The van der Waals surface area contributed by atoms with Crippen LogP contribution in [0.1, 0.15) is 0 Å². The van der Waals surface area contributed by atoms with Crippen LogP contribution in [0, 0.1) is 12.3 Å². The lowest BCUT2D eigenvalue weighted by atomic mass is 10.2. The Morgan fingerprint density at radius 2 is 2.43 bits per heavy atom. The average Bonchev–Trinajstić information content (AvgIpc) is 2.20. The van der Waals surface area contributed by atoms with Crippen LogP contribution in [-0.4, -0.2) is 19.7 Å². The zero-order chi connectivity index (χ0) is 9.97. The molecule has 1 aliphatic rings. The van der Waals surface area contributed by atoms with Gasteiger partial charge in [0.25, 0.3) is 0 Å². The molecule has 1 aromatic rings. The van der Waals surface area contributed by atoms with Gasteiger partial charge >= 0.3 is 0 Å². The maximum atomic E-state index is 5.57. The molecular weight excluding hydrogens is 242 g/mol. The van der Waals surface area contributed by atoms with Crippen LogP contribution in [0.15, 0.2) is 22.7 Å². The van der Waals surface area contributed by atoms with Crippen molar-refractivity contribution >= 4 is 21.6 Å². The van der Waals surface area contributed by atoms with Crippen molar-refractivity contribution in [3.05, 3.63) is 22.7 Å². The fraction of sp³-hybridized carbons (Fsp3) is 0.273. The van der Waals surface area contributed by atoms with Gasteiger partial charge in [0.1, 0.15) is 6.61 Å². The molecule has 1 heterocycles. The normalized spacial score (nSPS) is 14.1. The van der Waals surface area contributed by atoms with E-state index in [0.29, 0.717) is 13.2 Å². The van der Waals surface area contributed by atoms with Crippen LogP contribution in [0.2, 0.25) is 0 Å². The maximum absolute atomic E-state index is 5.57. The lowest BCUT2D eigenvalue weighted by Crippen LogP contribution is -2.33. The quantitative estimate of drug-likeness (QED) is 0.711. The van der Waals surface area contributed by atoms with Crippen molar-refractivity contribution < 1.29 is 4.74 Å². The summed E-state index contributed by atoms with van der Waals surface area (Å²) in [5.74, 6) is 3.55. The van der Waals surface area contributed by atoms with Gasteiger partial charge in [-0.2, -0.15) is 0 Å². The molecule has 0 radical (unpaired) electrons. The van der Waals surface area contributed by atoms with Crippen molar-refractivity contribution in [2.75, 3.05) is 24.6 Å². The Bertz CT molecular complexity index is 383. The topological polar surface area (TPSA) is 12.5 Å². The molecule has 0 atom stereocenters. The summed E-state index contributed by atoms with van der Waals surface area (Å²) < 4.78 is 6.56. The summed E-state index contributed by atoms with van der Waals surface area (Å²) in [5, 5.41) is 0. The fourth-order valence-corrected chi connectivity index (χ4v) is 2.01. The van der Waals surface area contributed by atoms with Crippen LogP contribution in [0.25, 0.3) is 0 Å². The number of para-hydroxylation sites is 1. The van der Waals surface area contributed by atoms with E-state index < -0.39 is 0 Å². The summed E-state index contributed by atoms with van der Waals surface area (Å²) in [6.45, 7) is 2.18. The fourth-order valence-electron chi connectivity index (χ4n) is 1.54. The molecule has 2 rings (SSSR count). The Labute approximate surface area is 92.0 Å². The van der Waals surface area contributed by atoms with Crippen molar-refractivity contribution in [1.82, 2.24) is 0 Å². The SMILES string of the molecule is C#CCN1CCOc2c(Br)cccc21. The van der Waals surface area contributed by atoms with E-state index in [9.17, 15) is 0 Å². The molecular formula is C11H10BrNO. The molecule has 72 valence electrons. The first-order chi connectivity index (χ1) is 6.83. The standard InChI is InChI=1S/C11H10BrNO/c1-2-6-13-7-8-14-11-9(12)4-3-5-10(11)13/h1,3-5H,6-8H2. The number of ether oxygens (including phenoxy) is 1. The van der Waals surface area contributed by atoms with Gasteiger partial charge in [-0.05, 0) is 28.1 Å². The van der Waals surface area contributed by atoms with Crippen LogP contribution in [0.3, 0.4) is 0 Å². The minimum Gasteiger partial charge on any atom is -0.488 e. The second-order valence-electron chi connectivity index (χ2n) is 3.06. The van der Waals surface area contributed by atoms with Crippen molar-refractivity contribution in [1.29, 1.82) is 0 Å². The highest BCUT2D eigenvalue weighted by Crippen LogP contribution is 2.37. The predicted octanol–water partition coefficient (Wildman–Crippen LogP) is 2.28. The zero-order valence-corrected chi connectivity index (χ0v) is 9.25. The Morgan fingerprint density at radius 3 is 3.21 bits per heavy atom. The largest absolute Gasteiger partial charge is 0.488 e. The maximum Gasteiger partial charge on any atom is 0.156 e. The Morgan fingerprint density at radius 1 is 1.57 bits per heavy atom. The van der Waals surface area contributed by atoms with Gasteiger partial charge in [0.05, 0.1) is 23.2 Å². The molecule has 0 unspecified atom stereocenters. The highest BCUT2D eigenvalue weighted by molar-refractivity contribution is 9.10. The molecule has 0 amide bonds. The summed E-state index contributed by atoms with van der Waals surface area (Å²) >= 11 is 3.46. The highest BCUT2D eigenvalue weighted by atomic mass is 79.9. The highest BCUT2D eigenvalue weighted by Gasteiger charge is 2.18. The van der Waals surface area contributed by atoms with Crippen LogP contribution in [-0.2, 0) is 0 Å². The van der Waals surface area contributed by atoms with E-state index in [0.717, 1.165) is 22.5 Å². The van der Waals surface area contributed by atoms with Crippen LogP contribution < -0.4 is 9.64 Å². The van der Waals surface area contributed by atoms with Crippen LogP contribution in [0.4, 0.5) is 5.69 Å². The average molecular weight is 252 g/mol. The van der Waals surface area contributed by atoms with Gasteiger partial charge < -0.3 is 9.64 Å². The third kappa shape index (κ3) is 1.58. The third-order valence-electron chi connectivity index (χ3n) is 2.18. The van der Waals surface area contributed by atoms with E-state index >= 15 is 0 Å². The number of hydrogen-bond donors (Lipinski definition) is 0. The van der Waals surface area contributed by atoms with E-state index in [2.05, 4.69) is 26.8 Å². The van der Waals surface area contributed by atoms with E-state index in [1.165, 1.54) is 0 Å². The Kier molecular flexibility index (Phi) is 2.64. The number of halogens is 1. The molecule has 0 N–H and O–H groups in total. The summed E-state index contributed by atoms with van der Waals surface area (Å²) in [6, 6.07) is 5.98. The van der Waals surface area contributed by atoms with E-state index in [1.807, 2.05) is 18.2 Å². The van der Waals surface area contributed by atoms with Gasteiger partial charge in [-0.1, -0.05) is 12.0 Å². The molecule has 0 fully saturated rings. The second kappa shape index (κ2) is 3.93. The number of benzene rings is 1. The third-order valence-corrected chi connectivity index (χ3v) is 2.80. The summed E-state index contributed by atoms with van der Waals surface area (Å²) in [6.07, 6.45) is 5.31. The molecule has 14 heavy (non-hydrogen) atoms. The van der Waals surface area contributed by atoms with Crippen molar-refractivity contribution in [2.24, 2.45) is 0 Å². The van der Waals surface area contributed by atoms with E-state index in [1.54, 1.807) is 0 Å². The van der Waals surface area contributed by atoms with Gasteiger partial charge in [0, 0.05) is 0 Å². The van der Waals surface area contributed by atoms with Gasteiger partial charge in [-0.25, -0.2) is 0 Å². The molecule has 3 heteroatoms. The number of rotatable bonds is 1. The number of anilines is 1. The molecule has 0 bridgehead atoms. The first-order valence-corrected chi connectivity index (χ1v) is 5.22. The van der Waals surface area contributed by atoms with Gasteiger partial charge in [-0.15, -0.1) is 6.42 Å². The number of terminal acetylenes is 1. The first kappa shape index (κ1) is 9.42. The summed E-state index contributed by atoms with van der Waals surface area (Å²) in [5.41, 5.74) is 1.07. The van der Waals surface area contributed by atoms with Crippen LogP contribution in [0.5, 0.6) is 5.75 Å². The number of fused-ring (bicyclic) bond motifs is 1. The van der Waals surface area contributed by atoms with Gasteiger partial charge in [-0.3, -0.25) is 0 Å². The van der Waals surface area contributed by atoms with Crippen molar-refractivity contribution in [2.45, 2.75) is 0 Å². The van der Waals surface area contributed by atoms with Gasteiger partial charge in [0.2, 0.25) is 0 Å². The predicted molar refractivity (Wildman–Crippen MR) is 60.7 cm³/mol. The Hall–Kier alpha value is -1.14. The Balaban J connectivity index is 2.40. The monoisotopic (exact) mass is 251 g/mol. The van der Waals surface area contributed by atoms with E-state index in [-0.39, 0.29) is 0 Å². The minimum atomic E-state index is 0.632. The smallest absolute Gasteiger partial charge is 0.156 e. The second-order valence-corrected chi connectivity index (χ2v) is 3.92. The van der Waals surface area contributed by atoms with Crippen molar-refractivity contribution in [3.63, 3.8) is 0 Å². The minimum absolute atomic E-state index is 0.632. The molecule has 0 saturated heterocycles. The summed E-state index contributed by atoms with van der Waals surface area (Å²) in [4.78, 5) is 2.14. The molecule has 0 aliphatic carbocycles. The van der Waals surface area contributed by atoms with E-state index in [4.69, 9.17) is 11.2 Å².